The van der Waals surface area contributed by atoms with Crippen LogP contribution in [0.3, 0.4) is 0 Å². The van der Waals surface area contributed by atoms with Gasteiger partial charge in [0, 0.05) is 25.2 Å². The molecule has 1 aliphatic heterocycles. The van der Waals surface area contributed by atoms with Crippen molar-refractivity contribution in [1.29, 1.82) is 0 Å². The molecule has 1 aliphatic rings. The molecule has 0 bridgehead atoms. The van der Waals surface area contributed by atoms with Crippen LogP contribution in [0.2, 0.25) is 0 Å². The fourth-order valence-corrected chi connectivity index (χ4v) is 3.39. The summed E-state index contributed by atoms with van der Waals surface area (Å²) in [5, 5.41) is 3.29. The molecular weight excluding hydrogens is 400 g/mol. The summed E-state index contributed by atoms with van der Waals surface area (Å²) in [5.74, 6) is 1.05. The number of carbonyl (C=O) groups excluding carboxylic acids is 1. The number of nitrogens with one attached hydrogen (secondary N) is 1. The van der Waals surface area contributed by atoms with E-state index in [2.05, 4.69) is 30.4 Å². The SMILES string of the molecule is CCOc1cc(C(=S)NCc2cccc(C)c2)ccc1OCC(=O)N1CCOCC1. The summed E-state index contributed by atoms with van der Waals surface area (Å²) in [6.45, 7) is 7.41. The molecule has 6 nitrogen and oxygen atoms in total. The number of carbonyl (C=O) groups is 1. The largest absolute Gasteiger partial charge is 0.490 e. The normalized spacial score (nSPS) is 13.6. The highest BCUT2D eigenvalue weighted by Crippen LogP contribution is 2.29. The number of hydrogen-bond donors (Lipinski definition) is 1. The molecule has 0 saturated carbocycles. The van der Waals surface area contributed by atoms with Crippen LogP contribution in [0.4, 0.5) is 0 Å². The number of rotatable bonds is 8. The van der Waals surface area contributed by atoms with E-state index in [4.69, 9.17) is 26.4 Å². The average Bonchev–Trinajstić information content (AvgIpc) is 2.77. The van der Waals surface area contributed by atoms with E-state index in [0.717, 1.165) is 5.56 Å². The Bertz CT molecular complexity index is 881. The summed E-state index contributed by atoms with van der Waals surface area (Å²) < 4.78 is 16.8. The Kier molecular flexibility index (Phi) is 8.04. The van der Waals surface area contributed by atoms with E-state index in [0.29, 0.717) is 55.9 Å². The molecule has 0 spiro atoms. The van der Waals surface area contributed by atoms with Gasteiger partial charge in [0.15, 0.2) is 18.1 Å². The summed E-state index contributed by atoms with van der Waals surface area (Å²) in [7, 11) is 0. The molecule has 2 aromatic rings. The van der Waals surface area contributed by atoms with E-state index >= 15 is 0 Å². The third-order valence-electron chi connectivity index (χ3n) is 4.76. The number of nitrogens with zero attached hydrogens (tertiary/aromatic N) is 1. The minimum absolute atomic E-state index is 0.0323. The van der Waals surface area contributed by atoms with Gasteiger partial charge in [0.2, 0.25) is 0 Å². The van der Waals surface area contributed by atoms with Crippen molar-refractivity contribution in [2.24, 2.45) is 0 Å². The summed E-state index contributed by atoms with van der Waals surface area (Å²) in [4.78, 5) is 14.7. The lowest BCUT2D eigenvalue weighted by atomic mass is 10.1. The second-order valence-corrected chi connectivity index (χ2v) is 7.46. The molecule has 3 rings (SSSR count). The maximum absolute atomic E-state index is 12.3. The fraction of sp³-hybridized carbons (Fsp3) is 0.391. The Morgan fingerprint density at radius 2 is 1.93 bits per heavy atom. The molecule has 1 N–H and O–H groups in total. The molecule has 0 aliphatic carbocycles. The van der Waals surface area contributed by atoms with Crippen molar-refractivity contribution < 1.29 is 19.0 Å². The van der Waals surface area contributed by atoms with Gasteiger partial charge in [0.05, 0.1) is 19.8 Å². The topological polar surface area (TPSA) is 60.0 Å². The molecule has 30 heavy (non-hydrogen) atoms. The van der Waals surface area contributed by atoms with Crippen molar-refractivity contribution in [3.63, 3.8) is 0 Å². The summed E-state index contributed by atoms with van der Waals surface area (Å²) >= 11 is 5.55. The summed E-state index contributed by atoms with van der Waals surface area (Å²) in [5.41, 5.74) is 3.23. The summed E-state index contributed by atoms with van der Waals surface area (Å²) in [6.07, 6.45) is 0. The van der Waals surface area contributed by atoms with E-state index in [-0.39, 0.29) is 12.5 Å². The van der Waals surface area contributed by atoms with E-state index in [9.17, 15) is 4.79 Å². The minimum atomic E-state index is -0.0554. The van der Waals surface area contributed by atoms with Gasteiger partial charge in [-0.1, -0.05) is 42.0 Å². The number of ether oxygens (including phenoxy) is 3. The number of hydrogen-bond acceptors (Lipinski definition) is 5. The highest BCUT2D eigenvalue weighted by atomic mass is 32.1. The summed E-state index contributed by atoms with van der Waals surface area (Å²) in [6, 6.07) is 13.8. The zero-order valence-corrected chi connectivity index (χ0v) is 18.3. The molecular formula is C23H28N2O4S. The average molecular weight is 429 g/mol. The van der Waals surface area contributed by atoms with Gasteiger partial charge in [-0.15, -0.1) is 0 Å². The van der Waals surface area contributed by atoms with Crippen LogP contribution in [0.1, 0.15) is 23.6 Å². The van der Waals surface area contributed by atoms with Crippen LogP contribution in [0.5, 0.6) is 11.5 Å². The Balaban J connectivity index is 1.61. The number of amides is 1. The van der Waals surface area contributed by atoms with Crippen molar-refractivity contribution in [2.75, 3.05) is 39.5 Å². The molecule has 7 heteroatoms. The van der Waals surface area contributed by atoms with Crippen molar-refractivity contribution in [3.8, 4) is 11.5 Å². The first-order valence-corrected chi connectivity index (χ1v) is 10.6. The van der Waals surface area contributed by atoms with Gasteiger partial charge in [-0.2, -0.15) is 0 Å². The molecule has 0 aromatic heterocycles. The lowest BCUT2D eigenvalue weighted by molar-refractivity contribution is -0.137. The first-order chi connectivity index (χ1) is 14.6. The first-order valence-electron chi connectivity index (χ1n) is 10.2. The van der Waals surface area contributed by atoms with Crippen molar-refractivity contribution in [2.45, 2.75) is 20.4 Å². The molecule has 0 atom stereocenters. The Hall–Kier alpha value is -2.64. The minimum Gasteiger partial charge on any atom is -0.490 e. The van der Waals surface area contributed by atoms with Crippen LogP contribution in [-0.4, -0.2) is 55.3 Å². The number of benzene rings is 2. The zero-order chi connectivity index (χ0) is 21.3. The predicted octanol–water partition coefficient (Wildman–Crippen LogP) is 3.10. The highest BCUT2D eigenvalue weighted by molar-refractivity contribution is 7.80. The monoisotopic (exact) mass is 428 g/mol. The quantitative estimate of drug-likeness (QED) is 0.652. The van der Waals surface area contributed by atoms with Crippen molar-refractivity contribution >= 4 is 23.1 Å². The molecule has 1 amide bonds. The molecule has 1 saturated heterocycles. The number of aryl methyl sites for hydroxylation is 1. The van der Waals surface area contributed by atoms with E-state index in [1.807, 2.05) is 25.1 Å². The molecule has 0 radical (unpaired) electrons. The predicted molar refractivity (Wildman–Crippen MR) is 120 cm³/mol. The van der Waals surface area contributed by atoms with Gasteiger partial charge < -0.3 is 24.4 Å². The van der Waals surface area contributed by atoms with E-state index < -0.39 is 0 Å². The third kappa shape index (κ3) is 6.18. The second-order valence-electron chi connectivity index (χ2n) is 7.05. The van der Waals surface area contributed by atoms with Crippen LogP contribution in [0, 0.1) is 6.92 Å². The third-order valence-corrected chi connectivity index (χ3v) is 5.14. The molecule has 160 valence electrons. The van der Waals surface area contributed by atoms with Gasteiger partial charge in [-0.25, -0.2) is 0 Å². The molecule has 0 unspecified atom stereocenters. The maximum atomic E-state index is 12.3. The number of thiocarbonyl (C=S) groups is 1. The molecule has 1 fully saturated rings. The highest BCUT2D eigenvalue weighted by Gasteiger charge is 2.18. The lowest BCUT2D eigenvalue weighted by Crippen LogP contribution is -2.43. The number of morpholine rings is 1. The van der Waals surface area contributed by atoms with Crippen LogP contribution >= 0.6 is 12.2 Å². The zero-order valence-electron chi connectivity index (χ0n) is 17.5. The van der Waals surface area contributed by atoms with Crippen LogP contribution in [-0.2, 0) is 16.1 Å². The Labute approximate surface area is 183 Å². The van der Waals surface area contributed by atoms with Crippen LogP contribution in [0.15, 0.2) is 42.5 Å². The van der Waals surface area contributed by atoms with Gasteiger partial charge in [0.25, 0.3) is 5.91 Å². The Morgan fingerprint density at radius 3 is 2.67 bits per heavy atom. The lowest BCUT2D eigenvalue weighted by Gasteiger charge is -2.26. The van der Waals surface area contributed by atoms with Gasteiger partial charge in [-0.05, 0) is 37.6 Å². The van der Waals surface area contributed by atoms with Crippen LogP contribution in [0.25, 0.3) is 0 Å². The standard InChI is InChI=1S/C23H28N2O4S/c1-3-28-21-14-19(23(30)24-15-18-6-4-5-17(2)13-18)7-8-20(21)29-16-22(26)25-9-11-27-12-10-25/h4-8,13-14H,3,9-12,15-16H2,1-2H3,(H,24,30). The molecule has 1 heterocycles. The maximum Gasteiger partial charge on any atom is 0.260 e. The van der Waals surface area contributed by atoms with E-state index in [1.54, 1.807) is 11.0 Å². The fourth-order valence-electron chi connectivity index (χ4n) is 3.19. The Morgan fingerprint density at radius 1 is 1.13 bits per heavy atom. The molecule has 2 aromatic carbocycles. The smallest absolute Gasteiger partial charge is 0.260 e. The van der Waals surface area contributed by atoms with E-state index in [1.165, 1.54) is 11.1 Å². The van der Waals surface area contributed by atoms with Crippen molar-refractivity contribution in [1.82, 2.24) is 10.2 Å². The van der Waals surface area contributed by atoms with Gasteiger partial charge in [0.1, 0.15) is 4.99 Å². The second kappa shape index (κ2) is 10.9. The van der Waals surface area contributed by atoms with Gasteiger partial charge >= 0.3 is 0 Å². The van der Waals surface area contributed by atoms with Gasteiger partial charge in [-0.3, -0.25) is 4.79 Å². The van der Waals surface area contributed by atoms with Crippen molar-refractivity contribution in [3.05, 3.63) is 59.2 Å². The first kappa shape index (κ1) is 22.1. The van der Waals surface area contributed by atoms with Crippen LogP contribution < -0.4 is 14.8 Å².